The number of fused-ring (bicyclic) bond motifs is 1. The van der Waals surface area contributed by atoms with Crippen LogP contribution in [0.3, 0.4) is 0 Å². The second-order valence-electron chi connectivity index (χ2n) is 5.40. The van der Waals surface area contributed by atoms with Crippen LogP contribution in [0.15, 0.2) is 41.3 Å². The number of esters is 1. The van der Waals surface area contributed by atoms with Crippen LogP contribution in [0.5, 0.6) is 0 Å². The van der Waals surface area contributed by atoms with Crippen molar-refractivity contribution in [2.24, 2.45) is 0 Å². The second kappa shape index (κ2) is 6.66. The number of aromatic nitrogens is 4. The first-order valence-electron chi connectivity index (χ1n) is 7.72. The van der Waals surface area contributed by atoms with Gasteiger partial charge in [-0.1, -0.05) is 30.3 Å². The largest absolute Gasteiger partial charge is 0.465 e. The number of ether oxygens (including phenoxy) is 1. The molecule has 3 rings (SSSR count). The van der Waals surface area contributed by atoms with Crippen molar-refractivity contribution in [3.8, 4) is 0 Å². The van der Waals surface area contributed by atoms with Crippen LogP contribution in [-0.4, -0.2) is 31.9 Å². The zero-order valence-corrected chi connectivity index (χ0v) is 13.6. The third-order valence-electron chi connectivity index (χ3n) is 3.66. The topological polar surface area (TPSA) is 79.0 Å². The highest BCUT2D eigenvalue weighted by atomic mass is 16.5. The maximum atomic E-state index is 12.6. The average molecular weight is 326 g/mol. The highest BCUT2D eigenvalue weighted by Gasteiger charge is 2.14. The van der Waals surface area contributed by atoms with E-state index in [1.807, 2.05) is 30.3 Å². The molecule has 0 bridgehead atoms. The molecule has 0 aliphatic heterocycles. The lowest BCUT2D eigenvalue weighted by atomic mass is 10.2. The number of carbonyl (C=O) groups excluding carboxylic acids is 1. The van der Waals surface area contributed by atoms with E-state index in [0.29, 0.717) is 23.4 Å². The van der Waals surface area contributed by atoms with Gasteiger partial charge < -0.3 is 4.74 Å². The molecule has 124 valence electrons. The summed E-state index contributed by atoms with van der Waals surface area (Å²) < 4.78 is 7.90. The van der Waals surface area contributed by atoms with Crippen molar-refractivity contribution < 1.29 is 9.53 Å². The fraction of sp³-hybridized carbons (Fsp3) is 0.294. The number of nitrogens with zero attached hydrogens (tertiary/aromatic N) is 4. The molecule has 0 unspecified atom stereocenters. The minimum absolute atomic E-state index is 0.148. The van der Waals surface area contributed by atoms with Crippen molar-refractivity contribution in [1.82, 2.24) is 19.3 Å². The van der Waals surface area contributed by atoms with Gasteiger partial charge in [-0.25, -0.2) is 4.98 Å². The summed E-state index contributed by atoms with van der Waals surface area (Å²) in [7, 11) is 0. The molecular weight excluding hydrogens is 308 g/mol. The van der Waals surface area contributed by atoms with Gasteiger partial charge >= 0.3 is 5.97 Å². The van der Waals surface area contributed by atoms with Crippen molar-refractivity contribution in [1.29, 1.82) is 0 Å². The number of benzene rings is 1. The van der Waals surface area contributed by atoms with Gasteiger partial charge in [-0.15, -0.1) is 0 Å². The van der Waals surface area contributed by atoms with Crippen LogP contribution >= 0.6 is 0 Å². The van der Waals surface area contributed by atoms with Gasteiger partial charge in [0.1, 0.15) is 17.8 Å². The predicted octanol–water partition coefficient (Wildman–Crippen LogP) is 1.51. The fourth-order valence-electron chi connectivity index (χ4n) is 2.52. The first-order valence-corrected chi connectivity index (χ1v) is 7.72. The minimum Gasteiger partial charge on any atom is -0.465 e. The highest BCUT2D eigenvalue weighted by molar-refractivity contribution is 5.74. The molecule has 0 radical (unpaired) electrons. The Bertz CT molecular complexity index is 928. The van der Waals surface area contributed by atoms with Crippen molar-refractivity contribution in [2.75, 3.05) is 6.61 Å². The summed E-state index contributed by atoms with van der Waals surface area (Å²) in [4.78, 5) is 28.6. The van der Waals surface area contributed by atoms with Crippen molar-refractivity contribution in [3.05, 3.63) is 58.3 Å². The van der Waals surface area contributed by atoms with E-state index in [0.717, 1.165) is 5.56 Å². The molecule has 2 aromatic heterocycles. The van der Waals surface area contributed by atoms with E-state index in [9.17, 15) is 9.59 Å². The lowest BCUT2D eigenvalue weighted by molar-refractivity contribution is -0.143. The van der Waals surface area contributed by atoms with Crippen LogP contribution in [0.1, 0.15) is 18.3 Å². The Morgan fingerprint density at radius 3 is 2.71 bits per heavy atom. The van der Waals surface area contributed by atoms with E-state index >= 15 is 0 Å². The number of carbonyl (C=O) groups is 1. The number of aryl methyl sites for hydroxylation is 1. The molecule has 0 fully saturated rings. The molecule has 2 heterocycles. The summed E-state index contributed by atoms with van der Waals surface area (Å²) in [6, 6.07) is 9.83. The van der Waals surface area contributed by atoms with E-state index < -0.39 is 5.97 Å². The van der Waals surface area contributed by atoms with E-state index in [4.69, 9.17) is 4.74 Å². The quantitative estimate of drug-likeness (QED) is 0.664. The molecule has 1 aromatic carbocycles. The molecule has 3 aromatic rings. The summed E-state index contributed by atoms with van der Waals surface area (Å²) in [6.07, 6.45) is 1.67. The Morgan fingerprint density at radius 2 is 2.00 bits per heavy atom. The minimum atomic E-state index is -0.458. The van der Waals surface area contributed by atoms with Gasteiger partial charge in [0.25, 0.3) is 5.56 Å². The molecule has 0 saturated heterocycles. The predicted molar refractivity (Wildman–Crippen MR) is 88.7 cm³/mol. The summed E-state index contributed by atoms with van der Waals surface area (Å²) in [6.45, 7) is 4.08. The van der Waals surface area contributed by atoms with Gasteiger partial charge in [0.2, 0.25) is 0 Å². The molecule has 0 spiro atoms. The van der Waals surface area contributed by atoms with E-state index in [1.54, 1.807) is 24.7 Å². The van der Waals surface area contributed by atoms with E-state index in [-0.39, 0.29) is 18.7 Å². The van der Waals surface area contributed by atoms with Crippen molar-refractivity contribution in [2.45, 2.75) is 26.9 Å². The molecule has 7 heteroatoms. The van der Waals surface area contributed by atoms with Crippen LogP contribution < -0.4 is 5.56 Å². The number of rotatable bonds is 5. The second-order valence-corrected chi connectivity index (χ2v) is 5.40. The maximum Gasteiger partial charge on any atom is 0.326 e. The summed E-state index contributed by atoms with van der Waals surface area (Å²) >= 11 is 0. The molecule has 7 nitrogen and oxygen atoms in total. The Hall–Kier alpha value is -2.96. The van der Waals surface area contributed by atoms with Gasteiger partial charge in [0, 0.05) is 6.20 Å². The Labute approximate surface area is 138 Å². The molecular formula is C17H18N4O3. The Morgan fingerprint density at radius 1 is 1.25 bits per heavy atom. The maximum absolute atomic E-state index is 12.6. The molecule has 24 heavy (non-hydrogen) atoms. The van der Waals surface area contributed by atoms with E-state index in [2.05, 4.69) is 10.1 Å². The third kappa shape index (κ3) is 3.19. The van der Waals surface area contributed by atoms with Crippen molar-refractivity contribution in [3.63, 3.8) is 0 Å². The highest BCUT2D eigenvalue weighted by Crippen LogP contribution is 2.09. The lowest BCUT2D eigenvalue weighted by Gasteiger charge is -2.07. The van der Waals surface area contributed by atoms with Crippen LogP contribution in [0.4, 0.5) is 0 Å². The fourth-order valence-corrected chi connectivity index (χ4v) is 2.52. The molecule has 0 amide bonds. The normalized spacial score (nSPS) is 10.9. The lowest BCUT2D eigenvalue weighted by Crippen LogP contribution is -2.28. The van der Waals surface area contributed by atoms with Gasteiger partial charge in [0.15, 0.2) is 5.65 Å². The monoisotopic (exact) mass is 326 g/mol. The molecule has 0 aliphatic rings. The molecule has 0 aliphatic carbocycles. The standard InChI is InChI=1S/C17H18N4O3/c1-3-24-15(22)11-21-12(2)18-16-14(17(21)23)10-20(19-16)9-13-7-5-4-6-8-13/h4-8,10H,3,9,11H2,1-2H3. The van der Waals surface area contributed by atoms with Gasteiger partial charge in [-0.2, -0.15) is 5.10 Å². The van der Waals surface area contributed by atoms with Gasteiger partial charge in [0.05, 0.1) is 13.2 Å². The number of hydrogen-bond acceptors (Lipinski definition) is 5. The summed E-state index contributed by atoms with van der Waals surface area (Å²) in [5.41, 5.74) is 1.17. The SMILES string of the molecule is CCOC(=O)Cn1c(C)nc2nn(Cc3ccccc3)cc2c1=O. The van der Waals surface area contributed by atoms with Crippen LogP contribution in [0.25, 0.3) is 11.0 Å². The Balaban J connectivity index is 1.96. The van der Waals surface area contributed by atoms with Crippen LogP contribution in [0, 0.1) is 6.92 Å². The van der Waals surface area contributed by atoms with E-state index in [1.165, 1.54) is 4.57 Å². The average Bonchev–Trinajstić information content (AvgIpc) is 2.95. The first-order chi connectivity index (χ1) is 11.6. The zero-order chi connectivity index (χ0) is 17.1. The first kappa shape index (κ1) is 15.9. The molecule has 0 N–H and O–H groups in total. The summed E-state index contributed by atoms with van der Waals surface area (Å²) in [5, 5.41) is 4.75. The van der Waals surface area contributed by atoms with Gasteiger partial charge in [-0.3, -0.25) is 18.8 Å². The summed E-state index contributed by atoms with van der Waals surface area (Å²) in [5.74, 6) is -0.0222. The van der Waals surface area contributed by atoms with Crippen LogP contribution in [0.2, 0.25) is 0 Å². The smallest absolute Gasteiger partial charge is 0.326 e. The van der Waals surface area contributed by atoms with Crippen molar-refractivity contribution >= 4 is 17.0 Å². The van der Waals surface area contributed by atoms with Gasteiger partial charge in [-0.05, 0) is 19.4 Å². The zero-order valence-electron chi connectivity index (χ0n) is 13.6. The molecule has 0 saturated carbocycles. The van der Waals surface area contributed by atoms with Crippen LogP contribution in [-0.2, 0) is 22.6 Å². The third-order valence-corrected chi connectivity index (χ3v) is 3.66. The number of hydrogen-bond donors (Lipinski definition) is 0. The Kier molecular flexibility index (Phi) is 4.41. The molecule has 0 atom stereocenters.